The van der Waals surface area contributed by atoms with Crippen LogP contribution in [-0.4, -0.2) is 36.9 Å². The molecular formula is C15H15BrN6OS2. The van der Waals surface area contributed by atoms with Gasteiger partial charge in [-0.05, 0) is 41.5 Å². The predicted molar refractivity (Wildman–Crippen MR) is 102 cm³/mol. The van der Waals surface area contributed by atoms with Crippen LogP contribution >= 0.6 is 39.0 Å². The van der Waals surface area contributed by atoms with Crippen LogP contribution in [0.3, 0.4) is 0 Å². The van der Waals surface area contributed by atoms with E-state index in [0.717, 1.165) is 27.5 Å². The van der Waals surface area contributed by atoms with Gasteiger partial charge in [-0.15, -0.1) is 5.10 Å². The molecule has 0 unspecified atom stereocenters. The molecule has 1 saturated carbocycles. The van der Waals surface area contributed by atoms with Crippen LogP contribution in [0.1, 0.15) is 31.7 Å². The van der Waals surface area contributed by atoms with E-state index in [1.54, 1.807) is 0 Å². The minimum Gasteiger partial charge on any atom is -0.301 e. The molecule has 0 bridgehead atoms. The smallest absolute Gasteiger partial charge is 0.236 e. The standard InChI is InChI=1S/C15H15BrN6OS2/c16-9-5-6-11-12(7-9)25-14(17-11)18-13(23)8-24-15-19-20-21-22(15)10-3-1-2-4-10/h5-7,10H,1-4,8H2,(H,17,18,23). The van der Waals surface area contributed by atoms with Crippen LogP contribution in [0.2, 0.25) is 0 Å². The number of carbonyl (C=O) groups excluding carboxylic acids is 1. The summed E-state index contributed by atoms with van der Waals surface area (Å²) in [5, 5.41) is 16.1. The van der Waals surface area contributed by atoms with Crippen LogP contribution in [0.25, 0.3) is 10.2 Å². The minimum atomic E-state index is -0.107. The van der Waals surface area contributed by atoms with Crippen LogP contribution in [0.4, 0.5) is 5.13 Å². The van der Waals surface area contributed by atoms with Crippen LogP contribution in [0, 0.1) is 0 Å². The topological polar surface area (TPSA) is 85.6 Å². The number of halogens is 1. The summed E-state index contributed by atoms with van der Waals surface area (Å²) in [5.74, 6) is 0.149. The number of thioether (sulfide) groups is 1. The molecule has 0 spiro atoms. The molecule has 10 heteroatoms. The fourth-order valence-corrected chi connectivity index (χ4v) is 5.07. The molecule has 1 N–H and O–H groups in total. The Kier molecular flexibility index (Phi) is 5.00. The average Bonchev–Trinajstić information content (AvgIpc) is 3.32. The number of benzene rings is 1. The average molecular weight is 439 g/mol. The third-order valence-corrected chi connectivity index (χ3v) is 6.42. The van der Waals surface area contributed by atoms with Crippen LogP contribution in [0.5, 0.6) is 0 Å². The number of carbonyl (C=O) groups is 1. The van der Waals surface area contributed by atoms with Crippen molar-refractivity contribution in [1.82, 2.24) is 25.2 Å². The lowest BCUT2D eigenvalue weighted by atomic mass is 10.3. The molecule has 1 fully saturated rings. The van der Waals surface area contributed by atoms with Gasteiger partial charge in [0, 0.05) is 4.47 Å². The second-order valence-corrected chi connectivity index (χ2v) is 8.70. The molecule has 2 aromatic heterocycles. The molecule has 7 nitrogen and oxygen atoms in total. The van der Waals surface area contributed by atoms with Crippen LogP contribution in [0.15, 0.2) is 27.8 Å². The quantitative estimate of drug-likeness (QED) is 0.607. The molecule has 0 atom stereocenters. The summed E-state index contributed by atoms with van der Waals surface area (Å²) in [7, 11) is 0. The van der Waals surface area contributed by atoms with Crippen molar-refractivity contribution in [2.24, 2.45) is 0 Å². The third-order valence-electron chi connectivity index (χ3n) is 4.06. The maximum absolute atomic E-state index is 12.2. The monoisotopic (exact) mass is 438 g/mol. The van der Waals surface area contributed by atoms with E-state index < -0.39 is 0 Å². The number of aromatic nitrogens is 5. The van der Waals surface area contributed by atoms with E-state index in [2.05, 4.69) is 41.8 Å². The molecule has 0 radical (unpaired) electrons. The molecule has 4 rings (SSSR count). The number of tetrazole rings is 1. The molecular weight excluding hydrogens is 424 g/mol. The van der Waals surface area contributed by atoms with Crippen molar-refractivity contribution in [3.8, 4) is 0 Å². The number of nitrogens with zero attached hydrogens (tertiary/aromatic N) is 5. The highest BCUT2D eigenvalue weighted by Crippen LogP contribution is 2.32. The minimum absolute atomic E-state index is 0.107. The Morgan fingerprint density at radius 2 is 2.24 bits per heavy atom. The fourth-order valence-electron chi connectivity index (χ4n) is 2.90. The Hall–Kier alpha value is -1.52. The molecule has 1 aliphatic rings. The van der Waals surface area contributed by atoms with Gasteiger partial charge in [-0.1, -0.05) is 51.9 Å². The van der Waals surface area contributed by atoms with Crippen molar-refractivity contribution in [1.29, 1.82) is 0 Å². The number of fused-ring (bicyclic) bond motifs is 1. The zero-order valence-electron chi connectivity index (χ0n) is 13.2. The van der Waals surface area contributed by atoms with Gasteiger partial charge in [0.2, 0.25) is 11.1 Å². The van der Waals surface area contributed by atoms with Crippen LogP contribution < -0.4 is 5.32 Å². The molecule has 1 amide bonds. The Morgan fingerprint density at radius 3 is 3.08 bits per heavy atom. The summed E-state index contributed by atoms with van der Waals surface area (Å²) >= 11 is 6.26. The Balaban J connectivity index is 1.38. The second-order valence-electron chi connectivity index (χ2n) is 5.81. The highest BCUT2D eigenvalue weighted by Gasteiger charge is 2.22. The first-order valence-corrected chi connectivity index (χ1v) is 10.5. The number of hydrogen-bond acceptors (Lipinski definition) is 7. The number of rotatable bonds is 5. The fraction of sp³-hybridized carbons (Fsp3) is 0.400. The van der Waals surface area contributed by atoms with Gasteiger partial charge in [0.1, 0.15) is 0 Å². The van der Waals surface area contributed by atoms with E-state index in [-0.39, 0.29) is 11.7 Å². The van der Waals surface area contributed by atoms with Crippen molar-refractivity contribution in [2.45, 2.75) is 36.9 Å². The molecule has 1 aliphatic carbocycles. The van der Waals surface area contributed by atoms with Crippen molar-refractivity contribution in [2.75, 3.05) is 11.1 Å². The summed E-state index contributed by atoms with van der Waals surface area (Å²) in [6.45, 7) is 0. The summed E-state index contributed by atoms with van der Waals surface area (Å²) in [6, 6.07) is 6.22. The first-order valence-electron chi connectivity index (χ1n) is 7.95. The highest BCUT2D eigenvalue weighted by atomic mass is 79.9. The number of amides is 1. The van der Waals surface area contributed by atoms with E-state index in [4.69, 9.17) is 0 Å². The van der Waals surface area contributed by atoms with Gasteiger partial charge in [-0.25, -0.2) is 9.67 Å². The molecule has 2 heterocycles. The van der Waals surface area contributed by atoms with Crippen molar-refractivity contribution in [3.05, 3.63) is 22.7 Å². The summed E-state index contributed by atoms with van der Waals surface area (Å²) in [5.41, 5.74) is 0.876. The Morgan fingerprint density at radius 1 is 1.40 bits per heavy atom. The van der Waals surface area contributed by atoms with E-state index in [1.807, 2.05) is 22.9 Å². The van der Waals surface area contributed by atoms with Gasteiger partial charge in [0.05, 0.1) is 22.0 Å². The summed E-state index contributed by atoms with van der Waals surface area (Å²) in [4.78, 5) is 16.7. The van der Waals surface area contributed by atoms with Crippen molar-refractivity contribution >= 4 is 60.3 Å². The maximum atomic E-state index is 12.2. The SMILES string of the molecule is O=C(CSc1nnnn1C1CCCC1)Nc1nc2ccc(Br)cc2s1. The lowest BCUT2D eigenvalue weighted by molar-refractivity contribution is -0.113. The molecule has 3 aromatic rings. The normalized spacial score (nSPS) is 15.1. The molecule has 0 saturated heterocycles. The zero-order valence-corrected chi connectivity index (χ0v) is 16.4. The largest absolute Gasteiger partial charge is 0.301 e. The maximum Gasteiger partial charge on any atom is 0.236 e. The predicted octanol–water partition coefficient (Wildman–Crippen LogP) is 3.89. The van der Waals surface area contributed by atoms with Gasteiger partial charge in [-0.2, -0.15) is 0 Å². The van der Waals surface area contributed by atoms with Gasteiger partial charge >= 0.3 is 0 Å². The number of nitrogens with one attached hydrogen (secondary N) is 1. The first-order chi connectivity index (χ1) is 12.2. The number of thiazole rings is 1. The Labute approximate surface area is 160 Å². The summed E-state index contributed by atoms with van der Waals surface area (Å²) < 4.78 is 3.89. The molecule has 25 heavy (non-hydrogen) atoms. The number of anilines is 1. The van der Waals surface area contributed by atoms with Gasteiger partial charge < -0.3 is 5.32 Å². The van der Waals surface area contributed by atoms with E-state index in [0.29, 0.717) is 16.3 Å². The highest BCUT2D eigenvalue weighted by molar-refractivity contribution is 9.10. The van der Waals surface area contributed by atoms with Crippen molar-refractivity contribution < 1.29 is 4.79 Å². The Bertz CT molecular complexity index is 904. The lowest BCUT2D eigenvalue weighted by Crippen LogP contribution is -2.15. The summed E-state index contributed by atoms with van der Waals surface area (Å²) in [6.07, 6.45) is 4.63. The van der Waals surface area contributed by atoms with Gasteiger partial charge in [0.15, 0.2) is 5.13 Å². The van der Waals surface area contributed by atoms with E-state index in [9.17, 15) is 4.79 Å². The third kappa shape index (κ3) is 3.85. The molecule has 130 valence electrons. The first kappa shape index (κ1) is 16.9. The van der Waals surface area contributed by atoms with Crippen molar-refractivity contribution in [3.63, 3.8) is 0 Å². The van der Waals surface area contributed by atoms with E-state index >= 15 is 0 Å². The molecule has 1 aromatic carbocycles. The number of hydrogen-bond donors (Lipinski definition) is 1. The van der Waals surface area contributed by atoms with E-state index in [1.165, 1.54) is 35.9 Å². The zero-order chi connectivity index (χ0) is 17.2. The molecule has 0 aliphatic heterocycles. The second kappa shape index (κ2) is 7.38. The lowest BCUT2D eigenvalue weighted by Gasteiger charge is -2.10. The van der Waals surface area contributed by atoms with Gasteiger partial charge in [0.25, 0.3) is 0 Å². The van der Waals surface area contributed by atoms with Crippen LogP contribution in [-0.2, 0) is 4.79 Å². The van der Waals surface area contributed by atoms with Gasteiger partial charge in [-0.3, -0.25) is 4.79 Å².